The molecule has 2 aliphatic rings. The van der Waals surface area contributed by atoms with Crippen LogP contribution in [0, 0.1) is 5.92 Å². The highest BCUT2D eigenvalue weighted by Gasteiger charge is 2.44. The number of benzene rings is 1. The van der Waals surface area contributed by atoms with Crippen molar-refractivity contribution in [3.8, 4) is 5.75 Å². The van der Waals surface area contributed by atoms with Crippen molar-refractivity contribution >= 4 is 15.7 Å². The average Bonchev–Trinajstić information content (AvgIpc) is 3.28. The first-order valence-electron chi connectivity index (χ1n) is 11.5. The molecule has 174 valence electrons. The predicted octanol–water partition coefficient (Wildman–Crippen LogP) is 3.51. The van der Waals surface area contributed by atoms with Crippen LogP contribution in [0.15, 0.2) is 35.4 Å². The summed E-state index contributed by atoms with van der Waals surface area (Å²) in [5.74, 6) is 1.23. The fraction of sp³-hybridized carbons (Fsp3) is 0.583. The molecule has 1 saturated heterocycles. The lowest BCUT2D eigenvalue weighted by Crippen LogP contribution is -2.51. The molecular formula is C24H33N3O4S. The Bertz CT molecular complexity index is 1040. The minimum absolute atomic E-state index is 0.213. The van der Waals surface area contributed by atoms with Crippen molar-refractivity contribution < 1.29 is 17.9 Å². The lowest BCUT2D eigenvalue weighted by molar-refractivity contribution is -0.140. The number of carbonyl (C=O) groups excluding carboxylic acids is 1. The lowest BCUT2D eigenvalue weighted by atomic mass is 9.68. The number of aromatic amines is 1. The minimum atomic E-state index is -3.32. The summed E-state index contributed by atoms with van der Waals surface area (Å²) in [4.78, 5) is 16.3. The Morgan fingerprint density at radius 2 is 1.91 bits per heavy atom. The van der Waals surface area contributed by atoms with Crippen LogP contribution in [-0.4, -0.2) is 55.9 Å². The first-order valence-corrected chi connectivity index (χ1v) is 13.4. The van der Waals surface area contributed by atoms with Crippen molar-refractivity contribution in [3.63, 3.8) is 0 Å². The summed E-state index contributed by atoms with van der Waals surface area (Å²) in [6.45, 7) is 1.41. The van der Waals surface area contributed by atoms with Gasteiger partial charge in [-0.15, -0.1) is 0 Å². The molecule has 1 amide bonds. The third-order valence-electron chi connectivity index (χ3n) is 7.14. The Labute approximate surface area is 190 Å². The summed E-state index contributed by atoms with van der Waals surface area (Å²) >= 11 is 0. The molecule has 1 N–H and O–H groups in total. The number of nitrogens with zero attached hydrogens (tertiary/aromatic N) is 2. The van der Waals surface area contributed by atoms with Crippen molar-refractivity contribution in [2.45, 2.75) is 61.7 Å². The highest BCUT2D eigenvalue weighted by atomic mass is 32.2. The van der Waals surface area contributed by atoms with Crippen molar-refractivity contribution in [1.29, 1.82) is 0 Å². The van der Waals surface area contributed by atoms with E-state index in [1.54, 1.807) is 7.11 Å². The van der Waals surface area contributed by atoms with E-state index in [1.807, 2.05) is 29.2 Å². The Hall–Kier alpha value is -2.35. The monoisotopic (exact) mass is 459 g/mol. The summed E-state index contributed by atoms with van der Waals surface area (Å²) in [6, 6.07) is 7.99. The largest absolute Gasteiger partial charge is 0.497 e. The number of piperidine rings is 1. The van der Waals surface area contributed by atoms with Crippen molar-refractivity contribution in [2.24, 2.45) is 5.92 Å². The zero-order valence-electron chi connectivity index (χ0n) is 19.0. The summed E-state index contributed by atoms with van der Waals surface area (Å²) in [5, 5.41) is 6.82. The van der Waals surface area contributed by atoms with Gasteiger partial charge in [-0.25, -0.2) is 8.42 Å². The summed E-state index contributed by atoms with van der Waals surface area (Å²) in [7, 11) is -1.67. The van der Waals surface area contributed by atoms with Gasteiger partial charge in [0.05, 0.1) is 24.4 Å². The molecule has 0 unspecified atom stereocenters. The van der Waals surface area contributed by atoms with Gasteiger partial charge in [-0.1, -0.05) is 31.4 Å². The molecule has 32 heavy (non-hydrogen) atoms. The number of hydrogen-bond acceptors (Lipinski definition) is 5. The summed E-state index contributed by atoms with van der Waals surface area (Å²) in [5.41, 5.74) is 1.26. The number of aromatic nitrogens is 2. The zero-order chi connectivity index (χ0) is 22.8. The third kappa shape index (κ3) is 4.56. The van der Waals surface area contributed by atoms with Crippen LogP contribution in [0.5, 0.6) is 5.75 Å². The van der Waals surface area contributed by atoms with Crippen LogP contribution in [-0.2, 0) is 26.5 Å². The predicted molar refractivity (Wildman–Crippen MR) is 122 cm³/mol. The molecule has 0 radical (unpaired) electrons. The molecule has 4 rings (SSSR count). The minimum Gasteiger partial charge on any atom is -0.497 e. The Kier molecular flexibility index (Phi) is 6.60. The molecular weight excluding hydrogens is 426 g/mol. The van der Waals surface area contributed by atoms with E-state index < -0.39 is 15.3 Å². The summed E-state index contributed by atoms with van der Waals surface area (Å²) in [6.07, 6.45) is 10.1. The highest BCUT2D eigenvalue weighted by molar-refractivity contribution is 7.90. The van der Waals surface area contributed by atoms with Crippen molar-refractivity contribution in [3.05, 3.63) is 41.7 Å². The first kappa shape index (κ1) is 22.8. The number of nitrogens with one attached hydrogen (secondary N) is 1. The van der Waals surface area contributed by atoms with E-state index in [9.17, 15) is 13.2 Å². The maximum atomic E-state index is 14.0. The van der Waals surface area contributed by atoms with Gasteiger partial charge in [0, 0.05) is 19.3 Å². The fourth-order valence-corrected chi connectivity index (χ4v) is 6.29. The molecule has 1 aliphatic carbocycles. The molecule has 1 atom stereocenters. The standard InChI is InChI=1S/C24H33N3O4S/c1-31-20-10-8-19(9-11-20)24(12-4-3-5-13-24)23(28)27-14-6-7-18(17-27)15-21-22(16-25-26-21)32(2,29)30/h8-11,16,18H,3-7,12-15,17H2,1-2H3,(H,25,26)/t18-/m0/s1. The van der Waals surface area contributed by atoms with E-state index in [1.165, 1.54) is 18.9 Å². The smallest absolute Gasteiger partial charge is 0.233 e. The molecule has 8 heteroatoms. The molecule has 2 aromatic rings. The molecule has 0 bridgehead atoms. The second kappa shape index (κ2) is 9.25. The quantitative estimate of drug-likeness (QED) is 0.714. The average molecular weight is 460 g/mol. The summed E-state index contributed by atoms with van der Waals surface area (Å²) < 4.78 is 29.4. The van der Waals surface area contributed by atoms with Crippen LogP contribution in [0.1, 0.15) is 56.2 Å². The van der Waals surface area contributed by atoms with Gasteiger partial charge < -0.3 is 9.64 Å². The first-order chi connectivity index (χ1) is 15.3. The lowest BCUT2D eigenvalue weighted by Gasteiger charge is -2.43. The second-order valence-corrected chi connectivity index (χ2v) is 11.3. The number of sulfone groups is 1. The number of ether oxygens (including phenoxy) is 1. The number of H-pyrrole nitrogens is 1. The van der Waals surface area contributed by atoms with E-state index in [4.69, 9.17) is 4.74 Å². The van der Waals surface area contributed by atoms with E-state index in [2.05, 4.69) is 10.2 Å². The topological polar surface area (TPSA) is 92.4 Å². The number of hydrogen-bond donors (Lipinski definition) is 1. The van der Waals surface area contributed by atoms with E-state index in [0.717, 1.165) is 56.4 Å². The molecule has 1 aliphatic heterocycles. The van der Waals surface area contributed by atoms with Crippen LogP contribution in [0.3, 0.4) is 0 Å². The van der Waals surface area contributed by atoms with Gasteiger partial charge in [-0.2, -0.15) is 5.10 Å². The number of amides is 1. The maximum Gasteiger partial charge on any atom is 0.233 e. The number of rotatable bonds is 6. The van der Waals surface area contributed by atoms with Gasteiger partial charge in [0.2, 0.25) is 5.91 Å². The molecule has 7 nitrogen and oxygen atoms in total. The number of likely N-dealkylation sites (tertiary alicyclic amines) is 1. The number of methoxy groups -OCH3 is 1. The van der Waals surface area contributed by atoms with Gasteiger partial charge in [0.1, 0.15) is 10.6 Å². The molecule has 1 aromatic carbocycles. The molecule has 2 fully saturated rings. The number of carbonyl (C=O) groups is 1. The van der Waals surface area contributed by atoms with Gasteiger partial charge in [0.25, 0.3) is 0 Å². The Morgan fingerprint density at radius 3 is 2.56 bits per heavy atom. The van der Waals surface area contributed by atoms with Crippen LogP contribution in [0.2, 0.25) is 0 Å². The maximum absolute atomic E-state index is 14.0. The van der Waals surface area contributed by atoms with E-state index >= 15 is 0 Å². The van der Waals surface area contributed by atoms with Crippen molar-refractivity contribution in [2.75, 3.05) is 26.5 Å². The molecule has 0 spiro atoms. The van der Waals surface area contributed by atoms with Gasteiger partial charge in [-0.05, 0) is 55.7 Å². The normalized spacial score (nSPS) is 21.3. The van der Waals surface area contributed by atoms with E-state index in [-0.39, 0.29) is 16.7 Å². The SMILES string of the molecule is COc1ccc(C2(C(=O)N3CCC[C@@H](Cc4[nH]ncc4S(C)(=O)=O)C3)CCCCC2)cc1. The van der Waals surface area contributed by atoms with Crippen LogP contribution in [0.25, 0.3) is 0 Å². The van der Waals surface area contributed by atoms with Crippen LogP contribution < -0.4 is 4.74 Å². The van der Waals surface area contributed by atoms with Gasteiger partial charge in [-0.3, -0.25) is 9.89 Å². The van der Waals surface area contributed by atoms with Crippen LogP contribution in [0.4, 0.5) is 0 Å². The second-order valence-electron chi connectivity index (χ2n) is 9.32. The van der Waals surface area contributed by atoms with Gasteiger partial charge >= 0.3 is 0 Å². The third-order valence-corrected chi connectivity index (χ3v) is 8.29. The molecule has 2 heterocycles. The molecule has 1 saturated carbocycles. The fourth-order valence-electron chi connectivity index (χ4n) is 5.47. The Morgan fingerprint density at radius 1 is 1.19 bits per heavy atom. The van der Waals surface area contributed by atoms with E-state index in [0.29, 0.717) is 18.7 Å². The highest BCUT2D eigenvalue weighted by Crippen LogP contribution is 2.42. The molecule has 1 aromatic heterocycles. The Balaban J connectivity index is 1.54. The zero-order valence-corrected chi connectivity index (χ0v) is 19.8. The van der Waals surface area contributed by atoms with Crippen molar-refractivity contribution in [1.82, 2.24) is 15.1 Å². The van der Waals surface area contributed by atoms with Gasteiger partial charge in [0.15, 0.2) is 9.84 Å². The van der Waals surface area contributed by atoms with Crippen LogP contribution >= 0.6 is 0 Å².